The van der Waals surface area contributed by atoms with Gasteiger partial charge in [0, 0.05) is 5.92 Å². The van der Waals surface area contributed by atoms with E-state index in [0.717, 1.165) is 12.8 Å². The highest BCUT2D eigenvalue weighted by Crippen LogP contribution is 2.09. The first-order valence-electron chi connectivity index (χ1n) is 3.49. The fraction of sp³-hybridized carbons (Fsp3) is 0.625. The van der Waals surface area contributed by atoms with Crippen molar-refractivity contribution in [2.45, 2.75) is 26.7 Å². The molecule has 0 saturated heterocycles. The van der Waals surface area contributed by atoms with E-state index in [1.165, 1.54) is 0 Å². The first kappa shape index (κ1) is 9.70. The number of carbonyl (C=O) groups excluding carboxylic acids is 1. The smallest absolute Gasteiger partial charge is 0.224 e. The Hall–Kier alpha value is -0.300. The molecule has 0 aliphatic heterocycles. The Labute approximate surface area is 67.1 Å². The molecular formula is C8H13ClO. The van der Waals surface area contributed by atoms with Gasteiger partial charge >= 0.3 is 0 Å². The van der Waals surface area contributed by atoms with Crippen LogP contribution in [0.4, 0.5) is 0 Å². The lowest BCUT2D eigenvalue weighted by Gasteiger charge is -2.00. The van der Waals surface area contributed by atoms with E-state index in [4.69, 9.17) is 11.6 Å². The molecule has 0 radical (unpaired) electrons. The summed E-state index contributed by atoms with van der Waals surface area (Å²) in [6.45, 7) is 3.81. The Bertz CT molecular complexity index is 129. The highest BCUT2D eigenvalue weighted by atomic mass is 35.5. The molecule has 0 spiro atoms. The lowest BCUT2D eigenvalue weighted by atomic mass is 10.1. The number of allylic oxidation sites excluding steroid dienone is 2. The van der Waals surface area contributed by atoms with E-state index in [9.17, 15) is 4.79 Å². The van der Waals surface area contributed by atoms with Crippen LogP contribution < -0.4 is 0 Å². The van der Waals surface area contributed by atoms with Gasteiger partial charge < -0.3 is 0 Å². The molecule has 0 fully saturated rings. The third-order valence-electron chi connectivity index (χ3n) is 1.39. The maximum atomic E-state index is 10.5. The van der Waals surface area contributed by atoms with E-state index >= 15 is 0 Å². The lowest BCUT2D eigenvalue weighted by molar-refractivity contribution is -0.114. The monoisotopic (exact) mass is 160 g/mol. The fourth-order valence-electron chi connectivity index (χ4n) is 0.626. The van der Waals surface area contributed by atoms with Gasteiger partial charge in [0.05, 0.1) is 0 Å². The zero-order chi connectivity index (χ0) is 7.98. The number of carbonyl (C=O) groups is 1. The molecule has 1 atom stereocenters. The molecule has 0 rings (SSSR count). The van der Waals surface area contributed by atoms with E-state index in [1.54, 1.807) is 0 Å². The number of hydrogen-bond acceptors (Lipinski definition) is 1. The first-order valence-corrected chi connectivity index (χ1v) is 3.86. The average Bonchev–Trinajstić information content (AvgIpc) is 1.88. The van der Waals surface area contributed by atoms with Crippen LogP contribution in [-0.2, 0) is 4.79 Å². The molecule has 1 unspecified atom stereocenters. The van der Waals surface area contributed by atoms with Crippen LogP contribution in [0.1, 0.15) is 26.7 Å². The van der Waals surface area contributed by atoms with Gasteiger partial charge in [-0.3, -0.25) is 4.79 Å². The van der Waals surface area contributed by atoms with Gasteiger partial charge in [0.15, 0.2) is 0 Å². The Morgan fingerprint density at radius 3 is 2.70 bits per heavy atom. The maximum Gasteiger partial charge on any atom is 0.224 e. The molecule has 0 bridgehead atoms. The summed E-state index contributed by atoms with van der Waals surface area (Å²) in [4.78, 5) is 10.5. The van der Waals surface area contributed by atoms with Gasteiger partial charge in [-0.15, -0.1) is 0 Å². The van der Waals surface area contributed by atoms with Crippen molar-refractivity contribution in [3.05, 3.63) is 12.2 Å². The summed E-state index contributed by atoms with van der Waals surface area (Å²) < 4.78 is 0. The Morgan fingerprint density at radius 1 is 1.70 bits per heavy atom. The Morgan fingerprint density at radius 2 is 2.30 bits per heavy atom. The summed E-state index contributed by atoms with van der Waals surface area (Å²) >= 11 is 5.24. The van der Waals surface area contributed by atoms with Crippen LogP contribution in [0.5, 0.6) is 0 Å². The van der Waals surface area contributed by atoms with Gasteiger partial charge in [0.1, 0.15) is 0 Å². The summed E-state index contributed by atoms with van der Waals surface area (Å²) in [5.74, 6) is -0.00198. The van der Waals surface area contributed by atoms with Crippen molar-refractivity contribution in [1.29, 1.82) is 0 Å². The molecule has 0 aliphatic carbocycles. The van der Waals surface area contributed by atoms with Crippen molar-refractivity contribution in [3.63, 3.8) is 0 Å². The van der Waals surface area contributed by atoms with Crippen LogP contribution in [0.15, 0.2) is 12.2 Å². The van der Waals surface area contributed by atoms with Gasteiger partial charge in [-0.25, -0.2) is 0 Å². The van der Waals surface area contributed by atoms with E-state index in [0.29, 0.717) is 0 Å². The minimum absolute atomic E-state index is 0.00198. The maximum absolute atomic E-state index is 10.5. The lowest BCUT2D eigenvalue weighted by Crippen LogP contribution is -2.02. The van der Waals surface area contributed by atoms with Crippen LogP contribution >= 0.6 is 11.6 Å². The largest absolute Gasteiger partial charge is 0.281 e. The fourth-order valence-corrected chi connectivity index (χ4v) is 0.735. The molecule has 58 valence electrons. The standard InChI is InChI=1S/C8H13ClO/c1-3-4-5-6-7(2)8(9)10/h3-4,7H,5-6H2,1-2H3/b4-3+. The highest BCUT2D eigenvalue weighted by Gasteiger charge is 2.06. The molecular weight excluding hydrogens is 148 g/mol. The molecule has 0 aromatic heterocycles. The van der Waals surface area contributed by atoms with E-state index in [2.05, 4.69) is 0 Å². The SMILES string of the molecule is C/C=C/CCC(C)C(=O)Cl. The molecule has 0 aliphatic rings. The quantitative estimate of drug-likeness (QED) is 0.457. The van der Waals surface area contributed by atoms with Crippen LogP contribution in [0, 0.1) is 5.92 Å². The molecule has 10 heavy (non-hydrogen) atoms. The van der Waals surface area contributed by atoms with Crippen molar-refractivity contribution < 1.29 is 4.79 Å². The molecule has 0 heterocycles. The molecule has 0 aromatic rings. The van der Waals surface area contributed by atoms with Crippen molar-refractivity contribution in [3.8, 4) is 0 Å². The number of rotatable bonds is 4. The summed E-state index contributed by atoms with van der Waals surface area (Å²) in [7, 11) is 0. The molecule has 0 aromatic carbocycles. The zero-order valence-electron chi connectivity index (χ0n) is 6.43. The average molecular weight is 161 g/mol. The Balaban J connectivity index is 3.39. The predicted molar refractivity (Wildman–Crippen MR) is 44.1 cm³/mol. The van der Waals surface area contributed by atoms with Gasteiger partial charge in [-0.2, -0.15) is 0 Å². The highest BCUT2D eigenvalue weighted by molar-refractivity contribution is 6.63. The van der Waals surface area contributed by atoms with Crippen LogP contribution in [0.2, 0.25) is 0 Å². The third kappa shape index (κ3) is 4.57. The summed E-state index contributed by atoms with van der Waals surface area (Å²) in [5, 5.41) is -0.232. The van der Waals surface area contributed by atoms with Gasteiger partial charge in [0.25, 0.3) is 0 Å². The molecule has 0 saturated carbocycles. The van der Waals surface area contributed by atoms with E-state index in [1.807, 2.05) is 26.0 Å². The second-order valence-corrected chi connectivity index (χ2v) is 2.72. The van der Waals surface area contributed by atoms with Gasteiger partial charge in [-0.1, -0.05) is 19.1 Å². The second kappa shape index (κ2) is 5.48. The van der Waals surface area contributed by atoms with E-state index < -0.39 is 0 Å². The van der Waals surface area contributed by atoms with Gasteiger partial charge in [-0.05, 0) is 31.4 Å². The van der Waals surface area contributed by atoms with Crippen molar-refractivity contribution >= 4 is 16.8 Å². The number of halogens is 1. The predicted octanol–water partition coefficient (Wildman–Crippen LogP) is 2.74. The third-order valence-corrected chi connectivity index (χ3v) is 1.76. The number of hydrogen-bond donors (Lipinski definition) is 0. The van der Waals surface area contributed by atoms with Crippen molar-refractivity contribution in [2.24, 2.45) is 5.92 Å². The minimum Gasteiger partial charge on any atom is -0.281 e. The second-order valence-electron chi connectivity index (χ2n) is 2.35. The molecule has 0 N–H and O–H groups in total. The van der Waals surface area contributed by atoms with Crippen molar-refractivity contribution in [2.75, 3.05) is 0 Å². The van der Waals surface area contributed by atoms with Crippen LogP contribution in [0.25, 0.3) is 0 Å². The summed E-state index contributed by atoms with van der Waals surface area (Å²) in [5.41, 5.74) is 0. The summed E-state index contributed by atoms with van der Waals surface area (Å²) in [6.07, 6.45) is 5.81. The first-order chi connectivity index (χ1) is 4.68. The molecule has 1 nitrogen and oxygen atoms in total. The topological polar surface area (TPSA) is 17.1 Å². The zero-order valence-corrected chi connectivity index (χ0v) is 7.19. The van der Waals surface area contributed by atoms with Crippen LogP contribution in [0.3, 0.4) is 0 Å². The van der Waals surface area contributed by atoms with Crippen LogP contribution in [-0.4, -0.2) is 5.24 Å². The molecule has 2 heteroatoms. The van der Waals surface area contributed by atoms with E-state index in [-0.39, 0.29) is 11.2 Å². The Kier molecular flexibility index (Phi) is 5.32. The minimum atomic E-state index is -0.232. The summed E-state index contributed by atoms with van der Waals surface area (Å²) in [6, 6.07) is 0. The van der Waals surface area contributed by atoms with Crippen molar-refractivity contribution in [1.82, 2.24) is 0 Å². The molecule has 0 amide bonds. The van der Waals surface area contributed by atoms with Gasteiger partial charge in [0.2, 0.25) is 5.24 Å². The normalized spacial score (nSPS) is 13.9.